The van der Waals surface area contributed by atoms with Crippen molar-refractivity contribution in [3.05, 3.63) is 33.8 Å². The number of rotatable bonds is 3. The molecule has 0 bridgehead atoms. The summed E-state index contributed by atoms with van der Waals surface area (Å²) in [7, 11) is 0. The van der Waals surface area contributed by atoms with Gasteiger partial charge in [0.05, 0.1) is 11.1 Å². The summed E-state index contributed by atoms with van der Waals surface area (Å²) in [4.78, 5) is 11.2. The molecule has 0 aliphatic rings. The number of benzene rings is 1. The first-order valence-electron chi connectivity index (χ1n) is 4.10. The Bertz CT molecular complexity index is 361. The standard InChI is InChI=1S/C9H8BrF2NO2/c10-8-6(11)3-5(4-7(8)12)9(15)13-1-2-14/h3-4,14H,1-2H2,(H,13,15). The summed E-state index contributed by atoms with van der Waals surface area (Å²) in [5.74, 6) is -2.32. The van der Waals surface area contributed by atoms with E-state index in [4.69, 9.17) is 5.11 Å². The minimum absolute atomic E-state index is 0.0398. The van der Waals surface area contributed by atoms with Gasteiger partial charge in [-0.15, -0.1) is 0 Å². The van der Waals surface area contributed by atoms with E-state index in [1.54, 1.807) is 0 Å². The monoisotopic (exact) mass is 279 g/mol. The summed E-state index contributed by atoms with van der Waals surface area (Å²) < 4.78 is 25.7. The molecule has 0 unspecified atom stereocenters. The summed E-state index contributed by atoms with van der Waals surface area (Å²) in [5.41, 5.74) is -0.123. The topological polar surface area (TPSA) is 49.3 Å². The number of hydrogen-bond donors (Lipinski definition) is 2. The van der Waals surface area contributed by atoms with Crippen LogP contribution >= 0.6 is 15.9 Å². The normalized spacial score (nSPS) is 10.1. The van der Waals surface area contributed by atoms with Crippen molar-refractivity contribution in [2.24, 2.45) is 0 Å². The average Bonchev–Trinajstić information content (AvgIpc) is 2.21. The van der Waals surface area contributed by atoms with Crippen LogP contribution in [0.25, 0.3) is 0 Å². The first-order chi connectivity index (χ1) is 7.06. The molecule has 82 valence electrons. The molecule has 0 saturated carbocycles. The number of hydrogen-bond acceptors (Lipinski definition) is 2. The molecule has 1 amide bonds. The molecule has 0 spiro atoms. The zero-order valence-electron chi connectivity index (χ0n) is 7.56. The van der Waals surface area contributed by atoms with Crippen molar-refractivity contribution in [1.29, 1.82) is 0 Å². The van der Waals surface area contributed by atoms with Crippen LogP contribution in [0.15, 0.2) is 16.6 Å². The molecule has 1 aromatic carbocycles. The number of aliphatic hydroxyl groups is 1. The summed E-state index contributed by atoms with van der Waals surface area (Å²) in [6.07, 6.45) is 0. The van der Waals surface area contributed by atoms with Gasteiger partial charge in [0.2, 0.25) is 0 Å². The fourth-order valence-corrected chi connectivity index (χ4v) is 1.19. The predicted octanol–water partition coefficient (Wildman–Crippen LogP) is 1.45. The molecule has 6 heteroatoms. The number of halogens is 3. The van der Waals surface area contributed by atoms with E-state index >= 15 is 0 Å². The highest BCUT2D eigenvalue weighted by Crippen LogP contribution is 2.20. The maximum absolute atomic E-state index is 13.0. The number of nitrogens with one attached hydrogen (secondary N) is 1. The van der Waals surface area contributed by atoms with Gasteiger partial charge in [0.1, 0.15) is 11.6 Å². The molecule has 0 aliphatic heterocycles. The SMILES string of the molecule is O=C(NCCO)c1cc(F)c(Br)c(F)c1. The minimum atomic E-state index is -0.843. The van der Waals surface area contributed by atoms with Gasteiger partial charge < -0.3 is 10.4 Å². The van der Waals surface area contributed by atoms with Crippen LogP contribution in [0.4, 0.5) is 8.78 Å². The van der Waals surface area contributed by atoms with Gasteiger partial charge in [-0.2, -0.15) is 0 Å². The van der Waals surface area contributed by atoms with E-state index in [9.17, 15) is 13.6 Å². The van der Waals surface area contributed by atoms with E-state index in [0.29, 0.717) is 0 Å². The van der Waals surface area contributed by atoms with E-state index < -0.39 is 17.5 Å². The van der Waals surface area contributed by atoms with Crippen LogP contribution in [0.5, 0.6) is 0 Å². The zero-order chi connectivity index (χ0) is 11.4. The minimum Gasteiger partial charge on any atom is -0.395 e. The zero-order valence-corrected chi connectivity index (χ0v) is 9.14. The van der Waals surface area contributed by atoms with Crippen LogP contribution in [0.2, 0.25) is 0 Å². The van der Waals surface area contributed by atoms with E-state index in [1.165, 1.54) is 0 Å². The quantitative estimate of drug-likeness (QED) is 0.823. The highest BCUT2D eigenvalue weighted by Gasteiger charge is 2.12. The lowest BCUT2D eigenvalue weighted by Gasteiger charge is -2.04. The summed E-state index contributed by atoms with van der Waals surface area (Å²) in [5, 5.41) is 10.7. The molecule has 0 heterocycles. The highest BCUT2D eigenvalue weighted by molar-refractivity contribution is 9.10. The molecule has 1 rings (SSSR count). The Hall–Kier alpha value is -1.01. The van der Waals surface area contributed by atoms with Crippen molar-refractivity contribution < 1.29 is 18.7 Å². The van der Waals surface area contributed by atoms with Crippen LogP contribution in [0, 0.1) is 11.6 Å². The second kappa shape index (κ2) is 5.18. The maximum Gasteiger partial charge on any atom is 0.251 e. The number of carbonyl (C=O) groups excluding carboxylic acids is 1. The molecule has 0 aromatic heterocycles. The van der Waals surface area contributed by atoms with Gasteiger partial charge in [-0.1, -0.05) is 0 Å². The maximum atomic E-state index is 13.0. The summed E-state index contributed by atoms with van der Waals surface area (Å²) >= 11 is 2.69. The van der Waals surface area contributed by atoms with Crippen LogP contribution in [0.1, 0.15) is 10.4 Å². The molecule has 0 radical (unpaired) electrons. The van der Waals surface area contributed by atoms with Crippen molar-refractivity contribution in [1.82, 2.24) is 5.32 Å². The van der Waals surface area contributed by atoms with Gasteiger partial charge >= 0.3 is 0 Å². The van der Waals surface area contributed by atoms with Crippen molar-refractivity contribution in [3.63, 3.8) is 0 Å². The van der Waals surface area contributed by atoms with Gasteiger partial charge in [-0.3, -0.25) is 4.79 Å². The molecular weight excluding hydrogens is 272 g/mol. The van der Waals surface area contributed by atoms with E-state index in [0.717, 1.165) is 12.1 Å². The van der Waals surface area contributed by atoms with E-state index in [2.05, 4.69) is 21.2 Å². The molecule has 1 aromatic rings. The third-order valence-electron chi connectivity index (χ3n) is 1.64. The number of carbonyl (C=O) groups is 1. The van der Waals surface area contributed by atoms with Gasteiger partial charge in [0.25, 0.3) is 5.91 Å². The second-order valence-electron chi connectivity index (χ2n) is 2.73. The first-order valence-corrected chi connectivity index (χ1v) is 4.89. The fraction of sp³-hybridized carbons (Fsp3) is 0.222. The summed E-state index contributed by atoms with van der Waals surface area (Å²) in [6.45, 7) is -0.189. The molecule has 15 heavy (non-hydrogen) atoms. The lowest BCUT2D eigenvalue weighted by molar-refractivity contribution is 0.0944. The third kappa shape index (κ3) is 2.97. The van der Waals surface area contributed by atoms with Gasteiger partial charge in [0.15, 0.2) is 0 Å². The van der Waals surface area contributed by atoms with Crippen molar-refractivity contribution in [2.45, 2.75) is 0 Å². The molecular formula is C9H8BrF2NO2. The first kappa shape index (κ1) is 12.1. The third-order valence-corrected chi connectivity index (χ3v) is 2.40. The molecule has 2 N–H and O–H groups in total. The van der Waals surface area contributed by atoms with Crippen molar-refractivity contribution >= 4 is 21.8 Å². The van der Waals surface area contributed by atoms with Crippen molar-refractivity contribution in [2.75, 3.05) is 13.2 Å². The Morgan fingerprint density at radius 2 is 1.93 bits per heavy atom. The number of amides is 1. The largest absolute Gasteiger partial charge is 0.395 e. The van der Waals surface area contributed by atoms with E-state index in [1.807, 2.05) is 0 Å². The van der Waals surface area contributed by atoms with Crippen LogP contribution in [-0.4, -0.2) is 24.2 Å². The number of aliphatic hydroxyl groups excluding tert-OH is 1. The molecule has 3 nitrogen and oxygen atoms in total. The second-order valence-corrected chi connectivity index (χ2v) is 3.53. The van der Waals surface area contributed by atoms with Crippen LogP contribution < -0.4 is 5.32 Å². The molecule has 0 fully saturated rings. The van der Waals surface area contributed by atoms with Gasteiger partial charge in [-0.25, -0.2) is 8.78 Å². The fourth-order valence-electron chi connectivity index (χ4n) is 0.958. The molecule has 0 aliphatic carbocycles. The lowest BCUT2D eigenvalue weighted by Crippen LogP contribution is -2.26. The lowest BCUT2D eigenvalue weighted by atomic mass is 10.2. The Morgan fingerprint density at radius 1 is 1.40 bits per heavy atom. The molecule has 0 saturated heterocycles. The highest BCUT2D eigenvalue weighted by atomic mass is 79.9. The Morgan fingerprint density at radius 3 is 2.40 bits per heavy atom. The Labute approximate surface area is 93.2 Å². The smallest absolute Gasteiger partial charge is 0.251 e. The Balaban J connectivity index is 2.91. The van der Waals surface area contributed by atoms with Crippen molar-refractivity contribution in [3.8, 4) is 0 Å². The van der Waals surface area contributed by atoms with Crippen LogP contribution in [-0.2, 0) is 0 Å². The average molecular weight is 280 g/mol. The van der Waals surface area contributed by atoms with E-state index in [-0.39, 0.29) is 23.2 Å². The van der Waals surface area contributed by atoms with Crippen LogP contribution in [0.3, 0.4) is 0 Å². The van der Waals surface area contributed by atoms with Gasteiger partial charge in [0, 0.05) is 12.1 Å². The molecule has 0 atom stereocenters. The van der Waals surface area contributed by atoms with Gasteiger partial charge in [-0.05, 0) is 28.1 Å². The summed E-state index contributed by atoms with van der Waals surface area (Å²) in [6, 6.07) is 1.83. The predicted molar refractivity (Wildman–Crippen MR) is 53.5 cm³/mol. The Kier molecular flexibility index (Phi) is 4.16.